The summed E-state index contributed by atoms with van der Waals surface area (Å²) in [5.41, 5.74) is 3.20. The van der Waals surface area contributed by atoms with E-state index in [2.05, 4.69) is 24.1 Å². The molecule has 0 bridgehead atoms. The Balaban J connectivity index is 1.89. The average Bonchev–Trinajstić information content (AvgIpc) is 2.96. The maximum Gasteiger partial charge on any atom is 0.246 e. The van der Waals surface area contributed by atoms with Gasteiger partial charge in [-0.3, -0.25) is 9.59 Å². The normalized spacial score (nSPS) is 25.3. The molecule has 1 saturated heterocycles. The van der Waals surface area contributed by atoms with E-state index in [9.17, 15) is 9.59 Å². The molecule has 4 rings (SSSR count). The second-order valence-corrected chi connectivity index (χ2v) is 7.77. The van der Waals surface area contributed by atoms with Crippen LogP contribution >= 0.6 is 0 Å². The molecular formula is C20H25N3O3. The molecule has 2 aromatic rings. The van der Waals surface area contributed by atoms with Gasteiger partial charge in [0.05, 0.1) is 13.2 Å². The first-order valence-electron chi connectivity index (χ1n) is 9.21. The lowest BCUT2D eigenvalue weighted by Gasteiger charge is -2.46. The highest BCUT2D eigenvalue weighted by Crippen LogP contribution is 2.42. The van der Waals surface area contributed by atoms with Crippen molar-refractivity contribution in [3.63, 3.8) is 0 Å². The van der Waals surface area contributed by atoms with Crippen LogP contribution in [0, 0.1) is 5.92 Å². The summed E-state index contributed by atoms with van der Waals surface area (Å²) in [5.74, 6) is 1.14. The minimum atomic E-state index is -0.473. The maximum atomic E-state index is 12.9. The highest BCUT2D eigenvalue weighted by molar-refractivity contribution is 5.98. The van der Waals surface area contributed by atoms with E-state index in [0.717, 1.165) is 34.3 Å². The molecule has 1 fully saturated rings. The lowest BCUT2D eigenvalue weighted by Crippen LogP contribution is -2.65. The van der Waals surface area contributed by atoms with Gasteiger partial charge < -0.3 is 19.9 Å². The number of hydrogen-bond donors (Lipinski definition) is 2. The van der Waals surface area contributed by atoms with Crippen LogP contribution in [0.3, 0.4) is 0 Å². The number of methoxy groups -OCH3 is 1. The third-order valence-electron chi connectivity index (χ3n) is 5.53. The molecule has 3 heterocycles. The molecule has 2 amide bonds. The first kappa shape index (κ1) is 16.9. The zero-order chi connectivity index (χ0) is 18.6. The number of amides is 2. The summed E-state index contributed by atoms with van der Waals surface area (Å²) >= 11 is 0. The highest BCUT2D eigenvalue weighted by atomic mass is 16.5. The minimum Gasteiger partial charge on any atom is -0.497 e. The number of aromatic amines is 1. The van der Waals surface area contributed by atoms with Gasteiger partial charge >= 0.3 is 0 Å². The van der Waals surface area contributed by atoms with Crippen molar-refractivity contribution in [2.45, 2.75) is 51.7 Å². The molecule has 0 spiro atoms. The van der Waals surface area contributed by atoms with E-state index < -0.39 is 12.1 Å². The number of H-pyrrole nitrogens is 1. The number of fused-ring (bicyclic) bond motifs is 4. The summed E-state index contributed by atoms with van der Waals surface area (Å²) in [5, 5.41) is 3.94. The molecule has 1 aromatic heterocycles. The Morgan fingerprint density at radius 2 is 2.08 bits per heavy atom. The van der Waals surface area contributed by atoms with E-state index in [0.29, 0.717) is 12.3 Å². The van der Waals surface area contributed by atoms with E-state index >= 15 is 0 Å². The number of ether oxygens (including phenoxy) is 1. The average molecular weight is 355 g/mol. The summed E-state index contributed by atoms with van der Waals surface area (Å²) in [7, 11) is 1.65. The Labute approximate surface area is 152 Å². The van der Waals surface area contributed by atoms with Gasteiger partial charge in [0.2, 0.25) is 11.8 Å². The number of aromatic nitrogens is 1. The number of benzene rings is 1. The molecule has 2 N–H and O–H groups in total. The Kier molecular flexibility index (Phi) is 3.93. The molecule has 138 valence electrons. The number of piperazine rings is 1. The van der Waals surface area contributed by atoms with E-state index in [1.54, 1.807) is 14.0 Å². The quantitative estimate of drug-likeness (QED) is 0.888. The van der Waals surface area contributed by atoms with Gasteiger partial charge in [0, 0.05) is 29.1 Å². The Bertz CT molecular complexity index is 886. The molecule has 2 aliphatic heterocycles. The van der Waals surface area contributed by atoms with Crippen LogP contribution in [-0.2, 0) is 16.0 Å². The molecule has 6 nitrogen and oxygen atoms in total. The fraction of sp³-hybridized carbons (Fsp3) is 0.500. The Morgan fingerprint density at radius 3 is 2.77 bits per heavy atom. The third kappa shape index (κ3) is 2.47. The molecule has 0 aliphatic carbocycles. The summed E-state index contributed by atoms with van der Waals surface area (Å²) < 4.78 is 5.34. The van der Waals surface area contributed by atoms with Crippen molar-refractivity contribution in [3.8, 4) is 5.75 Å². The van der Waals surface area contributed by atoms with Crippen LogP contribution in [0.25, 0.3) is 10.9 Å². The third-order valence-corrected chi connectivity index (χ3v) is 5.53. The first-order chi connectivity index (χ1) is 12.4. The van der Waals surface area contributed by atoms with Crippen molar-refractivity contribution in [2.24, 2.45) is 5.92 Å². The Hall–Kier alpha value is -2.50. The molecule has 1 aromatic carbocycles. The van der Waals surface area contributed by atoms with E-state index in [1.807, 2.05) is 23.1 Å². The van der Waals surface area contributed by atoms with Gasteiger partial charge in [0.25, 0.3) is 0 Å². The second kappa shape index (κ2) is 6.04. The first-order valence-corrected chi connectivity index (χ1v) is 9.21. The molecule has 0 radical (unpaired) electrons. The molecule has 6 heteroatoms. The Morgan fingerprint density at radius 1 is 1.31 bits per heavy atom. The fourth-order valence-electron chi connectivity index (χ4n) is 4.33. The van der Waals surface area contributed by atoms with Gasteiger partial charge in [-0.25, -0.2) is 0 Å². The SMILES string of the molecule is COc1ccc2c3c([nH]c2c1)[C@H](CC(C)C)N1C(=O)[C@@H](C)NC(=O)[C@@H]1C3. The highest BCUT2D eigenvalue weighted by Gasteiger charge is 2.47. The number of carbonyl (C=O) groups is 2. The van der Waals surface area contributed by atoms with Crippen molar-refractivity contribution in [2.75, 3.05) is 7.11 Å². The fourth-order valence-corrected chi connectivity index (χ4v) is 4.33. The largest absolute Gasteiger partial charge is 0.497 e. The van der Waals surface area contributed by atoms with Crippen LogP contribution in [0.5, 0.6) is 5.75 Å². The second-order valence-electron chi connectivity index (χ2n) is 7.77. The number of carbonyl (C=O) groups excluding carboxylic acids is 2. The van der Waals surface area contributed by atoms with Crippen LogP contribution in [-0.4, -0.2) is 40.9 Å². The van der Waals surface area contributed by atoms with E-state index in [4.69, 9.17) is 4.74 Å². The zero-order valence-corrected chi connectivity index (χ0v) is 15.6. The molecule has 0 unspecified atom stereocenters. The van der Waals surface area contributed by atoms with Gasteiger partial charge in [-0.2, -0.15) is 0 Å². The zero-order valence-electron chi connectivity index (χ0n) is 15.6. The number of nitrogens with one attached hydrogen (secondary N) is 2. The summed E-state index contributed by atoms with van der Waals surface area (Å²) in [4.78, 5) is 30.9. The predicted octanol–water partition coefficient (Wildman–Crippen LogP) is 2.54. The minimum absolute atomic E-state index is 0.00198. The molecule has 3 atom stereocenters. The molecule has 2 aliphatic rings. The van der Waals surface area contributed by atoms with Crippen LogP contribution in [0.4, 0.5) is 0 Å². The topological polar surface area (TPSA) is 74.4 Å². The molecule has 26 heavy (non-hydrogen) atoms. The van der Waals surface area contributed by atoms with Crippen molar-refractivity contribution < 1.29 is 14.3 Å². The standard InChI is InChI=1S/C20H25N3O3/c1-10(2)7-16-18-14(13-6-5-12(26-4)8-15(13)22-18)9-17-19(24)21-11(3)20(25)23(16)17/h5-6,8,10-11,16-17,22H,7,9H2,1-4H3,(H,21,24)/t11-,16+,17+/m1/s1. The number of nitrogens with zero attached hydrogens (tertiary/aromatic N) is 1. The van der Waals surface area contributed by atoms with Gasteiger partial charge in [-0.05, 0) is 37.0 Å². The monoisotopic (exact) mass is 355 g/mol. The summed E-state index contributed by atoms with van der Waals surface area (Å²) in [6.45, 7) is 6.05. The van der Waals surface area contributed by atoms with Crippen LogP contribution in [0.15, 0.2) is 18.2 Å². The van der Waals surface area contributed by atoms with Crippen LogP contribution < -0.4 is 10.1 Å². The number of rotatable bonds is 3. The van der Waals surface area contributed by atoms with Gasteiger partial charge in [0.15, 0.2) is 0 Å². The maximum absolute atomic E-state index is 12.9. The van der Waals surface area contributed by atoms with E-state index in [-0.39, 0.29) is 17.9 Å². The van der Waals surface area contributed by atoms with Crippen molar-refractivity contribution in [1.29, 1.82) is 0 Å². The van der Waals surface area contributed by atoms with Gasteiger partial charge in [-0.1, -0.05) is 13.8 Å². The van der Waals surface area contributed by atoms with Crippen molar-refractivity contribution >= 4 is 22.7 Å². The van der Waals surface area contributed by atoms with Crippen molar-refractivity contribution in [1.82, 2.24) is 15.2 Å². The summed E-state index contributed by atoms with van der Waals surface area (Å²) in [6.07, 6.45) is 1.36. The van der Waals surface area contributed by atoms with E-state index in [1.165, 1.54) is 0 Å². The van der Waals surface area contributed by atoms with Crippen LogP contribution in [0.1, 0.15) is 44.5 Å². The lowest BCUT2D eigenvalue weighted by atomic mass is 9.85. The molecular weight excluding hydrogens is 330 g/mol. The smallest absolute Gasteiger partial charge is 0.246 e. The lowest BCUT2D eigenvalue weighted by molar-refractivity contribution is -0.153. The van der Waals surface area contributed by atoms with Crippen molar-refractivity contribution in [3.05, 3.63) is 29.5 Å². The molecule has 0 saturated carbocycles. The van der Waals surface area contributed by atoms with Gasteiger partial charge in [-0.15, -0.1) is 0 Å². The summed E-state index contributed by atoms with van der Waals surface area (Å²) in [6, 6.07) is 4.94. The number of hydrogen-bond acceptors (Lipinski definition) is 3. The van der Waals surface area contributed by atoms with Gasteiger partial charge in [0.1, 0.15) is 17.8 Å². The predicted molar refractivity (Wildman–Crippen MR) is 99.0 cm³/mol. The van der Waals surface area contributed by atoms with Crippen LogP contribution in [0.2, 0.25) is 0 Å².